The number of benzene rings is 1. The smallest absolute Gasteiger partial charge is 0.242 e. The minimum absolute atomic E-state index is 0.188. The highest BCUT2D eigenvalue weighted by molar-refractivity contribution is 5.83. The summed E-state index contributed by atoms with van der Waals surface area (Å²) in [5.74, 6) is -0.662. The molecule has 0 aliphatic carbocycles. The SMILES string of the molecule is CC(C)N1CCC(O)(CNC(=O)C(c2ccccc2F)N2CCOCC2)CC1. The van der Waals surface area contributed by atoms with Crippen molar-refractivity contribution in [3.05, 3.63) is 35.6 Å². The molecule has 2 aliphatic heterocycles. The number of likely N-dealkylation sites (tertiary alicyclic amines) is 1. The second kappa shape index (κ2) is 9.31. The third kappa shape index (κ3) is 5.08. The van der Waals surface area contributed by atoms with Gasteiger partial charge in [0.05, 0.1) is 18.8 Å². The van der Waals surface area contributed by atoms with Crippen LogP contribution in [0.3, 0.4) is 0 Å². The lowest BCUT2D eigenvalue weighted by molar-refractivity contribution is -0.130. The number of aliphatic hydroxyl groups is 1. The summed E-state index contributed by atoms with van der Waals surface area (Å²) >= 11 is 0. The average Bonchev–Trinajstić information content (AvgIpc) is 2.69. The molecular weight excluding hydrogens is 361 g/mol. The lowest BCUT2D eigenvalue weighted by atomic mass is 9.90. The molecular formula is C21H32FN3O3. The molecule has 2 heterocycles. The molecule has 0 bridgehead atoms. The topological polar surface area (TPSA) is 65.0 Å². The maximum absolute atomic E-state index is 14.5. The van der Waals surface area contributed by atoms with Crippen LogP contribution in [0, 0.1) is 5.82 Å². The molecule has 6 nitrogen and oxygen atoms in total. The van der Waals surface area contributed by atoms with Crippen molar-refractivity contribution in [1.29, 1.82) is 0 Å². The predicted octanol–water partition coefficient (Wildman–Crippen LogP) is 1.55. The van der Waals surface area contributed by atoms with Gasteiger partial charge < -0.3 is 20.1 Å². The van der Waals surface area contributed by atoms with Crippen LogP contribution >= 0.6 is 0 Å². The van der Waals surface area contributed by atoms with Crippen LogP contribution in [0.25, 0.3) is 0 Å². The minimum Gasteiger partial charge on any atom is -0.388 e. The van der Waals surface area contributed by atoms with Crippen molar-refractivity contribution in [2.75, 3.05) is 45.9 Å². The largest absolute Gasteiger partial charge is 0.388 e. The number of hydrogen-bond donors (Lipinski definition) is 2. The third-order valence-electron chi connectivity index (χ3n) is 5.91. The lowest BCUT2D eigenvalue weighted by Crippen LogP contribution is -2.54. The summed E-state index contributed by atoms with van der Waals surface area (Å²) in [7, 11) is 0. The van der Waals surface area contributed by atoms with Gasteiger partial charge in [0.1, 0.15) is 11.9 Å². The van der Waals surface area contributed by atoms with Crippen LogP contribution in [0.15, 0.2) is 24.3 Å². The molecule has 1 unspecified atom stereocenters. The molecule has 156 valence electrons. The number of nitrogens with zero attached hydrogens (tertiary/aromatic N) is 2. The quantitative estimate of drug-likeness (QED) is 0.768. The number of carbonyl (C=O) groups excluding carboxylic acids is 1. The van der Waals surface area contributed by atoms with Gasteiger partial charge in [-0.1, -0.05) is 18.2 Å². The van der Waals surface area contributed by atoms with E-state index < -0.39 is 17.5 Å². The van der Waals surface area contributed by atoms with Gasteiger partial charge in [-0.2, -0.15) is 0 Å². The van der Waals surface area contributed by atoms with Gasteiger partial charge in [0.2, 0.25) is 5.91 Å². The Morgan fingerprint density at radius 1 is 1.18 bits per heavy atom. The minimum atomic E-state index is -0.911. The molecule has 28 heavy (non-hydrogen) atoms. The molecule has 0 radical (unpaired) electrons. The molecule has 2 N–H and O–H groups in total. The van der Waals surface area contributed by atoms with E-state index in [1.54, 1.807) is 18.2 Å². The summed E-state index contributed by atoms with van der Waals surface area (Å²) in [6.45, 7) is 8.28. The van der Waals surface area contributed by atoms with E-state index in [0.29, 0.717) is 50.8 Å². The van der Waals surface area contributed by atoms with Crippen molar-refractivity contribution in [2.24, 2.45) is 0 Å². The molecule has 1 aromatic rings. The van der Waals surface area contributed by atoms with E-state index in [0.717, 1.165) is 13.1 Å². The number of piperidine rings is 1. The molecule has 2 aliphatic rings. The Morgan fingerprint density at radius 2 is 1.82 bits per heavy atom. The summed E-state index contributed by atoms with van der Waals surface area (Å²) in [6, 6.07) is 6.14. The van der Waals surface area contributed by atoms with E-state index in [4.69, 9.17) is 4.74 Å². The maximum atomic E-state index is 14.5. The Morgan fingerprint density at radius 3 is 2.43 bits per heavy atom. The fraction of sp³-hybridized carbons (Fsp3) is 0.667. The second-order valence-corrected chi connectivity index (χ2v) is 8.14. The molecule has 2 fully saturated rings. The van der Waals surface area contributed by atoms with Gasteiger partial charge in [-0.15, -0.1) is 0 Å². The third-order valence-corrected chi connectivity index (χ3v) is 5.91. The summed E-state index contributed by atoms with van der Waals surface area (Å²) in [4.78, 5) is 17.3. The van der Waals surface area contributed by atoms with Crippen molar-refractivity contribution in [3.8, 4) is 0 Å². The number of hydrogen-bond acceptors (Lipinski definition) is 5. The van der Waals surface area contributed by atoms with E-state index in [9.17, 15) is 14.3 Å². The van der Waals surface area contributed by atoms with Crippen LogP contribution in [0.2, 0.25) is 0 Å². The van der Waals surface area contributed by atoms with Gasteiger partial charge in [-0.05, 0) is 32.8 Å². The number of halogens is 1. The number of morpholine rings is 1. The van der Waals surface area contributed by atoms with Crippen molar-refractivity contribution in [1.82, 2.24) is 15.1 Å². The molecule has 0 spiro atoms. The van der Waals surface area contributed by atoms with Gasteiger partial charge in [-0.25, -0.2) is 4.39 Å². The van der Waals surface area contributed by atoms with Gasteiger partial charge in [0, 0.05) is 44.3 Å². The van der Waals surface area contributed by atoms with Crippen LogP contribution < -0.4 is 5.32 Å². The first-order valence-electron chi connectivity index (χ1n) is 10.2. The van der Waals surface area contributed by atoms with Gasteiger partial charge >= 0.3 is 0 Å². The first-order chi connectivity index (χ1) is 13.4. The molecule has 1 aromatic carbocycles. The highest BCUT2D eigenvalue weighted by Crippen LogP contribution is 2.26. The highest BCUT2D eigenvalue weighted by Gasteiger charge is 2.36. The Labute approximate surface area is 166 Å². The van der Waals surface area contributed by atoms with Crippen LogP contribution in [0.5, 0.6) is 0 Å². The Kier molecular flexibility index (Phi) is 7.04. The molecule has 1 atom stereocenters. The highest BCUT2D eigenvalue weighted by atomic mass is 19.1. The van der Waals surface area contributed by atoms with E-state index in [-0.39, 0.29) is 12.5 Å². The van der Waals surface area contributed by atoms with E-state index in [1.807, 2.05) is 4.90 Å². The summed E-state index contributed by atoms with van der Waals surface area (Å²) < 4.78 is 19.8. The first kappa shape index (κ1) is 21.2. The molecule has 3 rings (SSSR count). The van der Waals surface area contributed by atoms with Crippen LogP contribution in [-0.2, 0) is 9.53 Å². The first-order valence-corrected chi connectivity index (χ1v) is 10.2. The normalized spacial score (nSPS) is 22.2. The van der Waals surface area contributed by atoms with Crippen molar-refractivity contribution < 1.29 is 19.0 Å². The summed E-state index contributed by atoms with van der Waals surface area (Å²) in [6.07, 6.45) is 1.24. The zero-order valence-electron chi connectivity index (χ0n) is 16.9. The van der Waals surface area contributed by atoms with Crippen LogP contribution in [0.1, 0.15) is 38.3 Å². The van der Waals surface area contributed by atoms with Gasteiger partial charge in [0.25, 0.3) is 0 Å². The van der Waals surface area contributed by atoms with E-state index in [1.165, 1.54) is 6.07 Å². The fourth-order valence-electron chi connectivity index (χ4n) is 4.02. The maximum Gasteiger partial charge on any atom is 0.242 e. The number of amides is 1. The van der Waals surface area contributed by atoms with Gasteiger partial charge in [-0.3, -0.25) is 9.69 Å². The molecule has 0 saturated carbocycles. The lowest BCUT2D eigenvalue weighted by Gasteiger charge is -2.40. The van der Waals surface area contributed by atoms with Gasteiger partial charge in [0.15, 0.2) is 0 Å². The fourth-order valence-corrected chi connectivity index (χ4v) is 4.02. The van der Waals surface area contributed by atoms with Crippen molar-refractivity contribution in [2.45, 2.75) is 44.4 Å². The monoisotopic (exact) mass is 393 g/mol. The number of rotatable bonds is 6. The molecule has 0 aromatic heterocycles. The van der Waals surface area contributed by atoms with E-state index >= 15 is 0 Å². The van der Waals surface area contributed by atoms with Crippen molar-refractivity contribution in [3.63, 3.8) is 0 Å². The Balaban J connectivity index is 1.67. The molecule has 2 saturated heterocycles. The molecule has 1 amide bonds. The van der Waals surface area contributed by atoms with E-state index in [2.05, 4.69) is 24.1 Å². The Bertz CT molecular complexity index is 656. The molecule has 7 heteroatoms. The summed E-state index contributed by atoms with van der Waals surface area (Å²) in [5.41, 5.74) is -0.547. The number of ether oxygens (including phenoxy) is 1. The summed E-state index contributed by atoms with van der Waals surface area (Å²) in [5, 5.41) is 13.8. The van der Waals surface area contributed by atoms with Crippen LogP contribution in [-0.4, -0.2) is 78.4 Å². The standard InChI is InChI=1S/C21H32FN3O3/c1-16(2)24-9-7-21(27,8-10-24)15-23-20(26)19(25-11-13-28-14-12-25)17-5-3-4-6-18(17)22/h3-6,16,19,27H,7-15H2,1-2H3,(H,23,26). The number of nitrogens with one attached hydrogen (secondary N) is 1. The average molecular weight is 394 g/mol. The zero-order chi connectivity index (χ0) is 20.1. The second-order valence-electron chi connectivity index (χ2n) is 8.14. The Hall–Kier alpha value is -1.54. The van der Waals surface area contributed by atoms with Crippen LogP contribution in [0.4, 0.5) is 4.39 Å². The predicted molar refractivity (Wildman–Crippen MR) is 105 cm³/mol. The van der Waals surface area contributed by atoms with Crippen molar-refractivity contribution >= 4 is 5.91 Å². The zero-order valence-corrected chi connectivity index (χ0v) is 16.9. The number of carbonyl (C=O) groups is 1.